The van der Waals surface area contributed by atoms with Crippen LogP contribution in [0.3, 0.4) is 0 Å². The SMILES string of the molecule is CC(=O)N(CCC(=O)NCCc1ccc(F)cc1)c1ccc(N2CCCC2)cc1. The molecular weight excluding hydrogens is 369 g/mol. The van der Waals surface area contributed by atoms with Gasteiger partial charge in [-0.1, -0.05) is 12.1 Å². The molecule has 0 spiro atoms. The Labute approximate surface area is 171 Å². The van der Waals surface area contributed by atoms with E-state index in [9.17, 15) is 14.0 Å². The van der Waals surface area contributed by atoms with E-state index in [0.717, 1.165) is 24.3 Å². The summed E-state index contributed by atoms with van der Waals surface area (Å²) in [5, 5.41) is 2.86. The van der Waals surface area contributed by atoms with E-state index in [1.54, 1.807) is 17.0 Å². The van der Waals surface area contributed by atoms with Crippen molar-refractivity contribution in [2.24, 2.45) is 0 Å². The van der Waals surface area contributed by atoms with Crippen molar-refractivity contribution in [2.45, 2.75) is 32.6 Å². The van der Waals surface area contributed by atoms with Crippen LogP contribution in [0.1, 0.15) is 31.7 Å². The van der Waals surface area contributed by atoms with E-state index >= 15 is 0 Å². The van der Waals surface area contributed by atoms with Gasteiger partial charge in [0, 0.05) is 50.9 Å². The van der Waals surface area contributed by atoms with Gasteiger partial charge in [0.2, 0.25) is 11.8 Å². The van der Waals surface area contributed by atoms with Gasteiger partial charge in [-0.25, -0.2) is 4.39 Å². The van der Waals surface area contributed by atoms with E-state index in [1.807, 2.05) is 24.3 Å². The standard InChI is InChI=1S/C23H28FN3O2/c1-18(28)27(22-10-8-21(9-11-22)26-15-2-3-16-26)17-13-23(29)25-14-12-19-4-6-20(24)7-5-19/h4-11H,2-3,12-17H2,1H3,(H,25,29). The molecule has 2 aromatic carbocycles. The Morgan fingerprint density at radius 2 is 1.69 bits per heavy atom. The van der Waals surface area contributed by atoms with Crippen LogP contribution in [0.15, 0.2) is 48.5 Å². The number of nitrogens with one attached hydrogen (secondary N) is 1. The molecule has 1 aliphatic rings. The van der Waals surface area contributed by atoms with Gasteiger partial charge in [0.05, 0.1) is 0 Å². The highest BCUT2D eigenvalue weighted by molar-refractivity contribution is 5.92. The van der Waals surface area contributed by atoms with Gasteiger partial charge in [-0.05, 0) is 61.2 Å². The van der Waals surface area contributed by atoms with Crippen molar-refractivity contribution >= 4 is 23.2 Å². The highest BCUT2D eigenvalue weighted by Crippen LogP contribution is 2.24. The third-order valence-corrected chi connectivity index (χ3v) is 5.22. The molecule has 154 valence electrons. The van der Waals surface area contributed by atoms with E-state index < -0.39 is 0 Å². The Hall–Kier alpha value is -2.89. The van der Waals surface area contributed by atoms with Crippen LogP contribution in [-0.2, 0) is 16.0 Å². The minimum atomic E-state index is -0.268. The molecule has 1 N–H and O–H groups in total. The maximum atomic E-state index is 12.9. The van der Waals surface area contributed by atoms with Gasteiger partial charge in [0.1, 0.15) is 5.82 Å². The van der Waals surface area contributed by atoms with Crippen molar-refractivity contribution < 1.29 is 14.0 Å². The molecule has 1 heterocycles. The van der Waals surface area contributed by atoms with Crippen LogP contribution in [0.25, 0.3) is 0 Å². The number of benzene rings is 2. The lowest BCUT2D eigenvalue weighted by Crippen LogP contribution is -2.34. The van der Waals surface area contributed by atoms with Gasteiger partial charge in [-0.3, -0.25) is 9.59 Å². The molecule has 0 unspecified atom stereocenters. The molecule has 0 aromatic heterocycles. The van der Waals surface area contributed by atoms with Gasteiger partial charge in [-0.2, -0.15) is 0 Å². The van der Waals surface area contributed by atoms with Crippen molar-refractivity contribution in [3.8, 4) is 0 Å². The van der Waals surface area contributed by atoms with Gasteiger partial charge >= 0.3 is 0 Å². The number of nitrogens with zero attached hydrogens (tertiary/aromatic N) is 2. The van der Waals surface area contributed by atoms with E-state index in [4.69, 9.17) is 0 Å². The number of hydrogen-bond donors (Lipinski definition) is 1. The second kappa shape index (κ2) is 10.0. The lowest BCUT2D eigenvalue weighted by Gasteiger charge is -2.23. The Morgan fingerprint density at radius 3 is 2.31 bits per heavy atom. The van der Waals surface area contributed by atoms with Crippen LogP contribution in [0.5, 0.6) is 0 Å². The first-order chi connectivity index (χ1) is 14.0. The minimum absolute atomic E-state index is 0.0852. The summed E-state index contributed by atoms with van der Waals surface area (Å²) in [6.45, 7) is 4.48. The van der Waals surface area contributed by atoms with Crippen LogP contribution in [-0.4, -0.2) is 38.0 Å². The zero-order chi connectivity index (χ0) is 20.6. The first-order valence-electron chi connectivity index (χ1n) is 10.2. The van der Waals surface area contributed by atoms with Crippen molar-refractivity contribution in [1.82, 2.24) is 5.32 Å². The highest BCUT2D eigenvalue weighted by atomic mass is 19.1. The average Bonchev–Trinajstić information content (AvgIpc) is 3.25. The molecule has 2 amide bonds. The second-order valence-corrected chi connectivity index (χ2v) is 7.36. The van der Waals surface area contributed by atoms with Crippen molar-refractivity contribution in [3.63, 3.8) is 0 Å². The van der Waals surface area contributed by atoms with E-state index in [2.05, 4.69) is 10.2 Å². The van der Waals surface area contributed by atoms with Gasteiger partial charge in [0.15, 0.2) is 0 Å². The summed E-state index contributed by atoms with van der Waals surface area (Å²) in [6.07, 6.45) is 3.31. The van der Waals surface area contributed by atoms with Crippen LogP contribution in [0, 0.1) is 5.82 Å². The molecule has 0 bridgehead atoms. The summed E-state index contributed by atoms with van der Waals surface area (Å²) in [6, 6.07) is 14.2. The maximum Gasteiger partial charge on any atom is 0.223 e. The third-order valence-electron chi connectivity index (χ3n) is 5.22. The quantitative estimate of drug-likeness (QED) is 0.741. The zero-order valence-electron chi connectivity index (χ0n) is 16.9. The molecule has 0 atom stereocenters. The molecule has 0 radical (unpaired) electrons. The third kappa shape index (κ3) is 6.04. The molecule has 1 fully saturated rings. The average molecular weight is 397 g/mol. The Bertz CT molecular complexity index is 815. The maximum absolute atomic E-state index is 12.9. The van der Waals surface area contributed by atoms with Crippen LogP contribution >= 0.6 is 0 Å². The predicted octanol–water partition coefficient (Wildman–Crippen LogP) is 3.53. The molecular formula is C23H28FN3O2. The fraction of sp³-hybridized carbons (Fsp3) is 0.391. The number of carbonyl (C=O) groups is 2. The van der Waals surface area contributed by atoms with Crippen LogP contribution < -0.4 is 15.1 Å². The number of hydrogen-bond acceptors (Lipinski definition) is 3. The number of amides is 2. The fourth-order valence-electron chi connectivity index (χ4n) is 3.59. The summed E-state index contributed by atoms with van der Waals surface area (Å²) in [7, 11) is 0. The fourth-order valence-corrected chi connectivity index (χ4v) is 3.59. The Morgan fingerprint density at radius 1 is 1.03 bits per heavy atom. The zero-order valence-corrected chi connectivity index (χ0v) is 16.9. The smallest absolute Gasteiger partial charge is 0.223 e. The van der Waals surface area contributed by atoms with Gasteiger partial charge in [-0.15, -0.1) is 0 Å². The molecule has 6 heteroatoms. The summed E-state index contributed by atoms with van der Waals surface area (Å²) >= 11 is 0. The molecule has 3 rings (SSSR count). The van der Waals surface area contributed by atoms with Crippen molar-refractivity contribution in [3.05, 3.63) is 59.9 Å². The lowest BCUT2D eigenvalue weighted by molar-refractivity contribution is -0.121. The molecule has 1 aliphatic heterocycles. The summed E-state index contributed by atoms with van der Waals surface area (Å²) < 4.78 is 12.9. The topological polar surface area (TPSA) is 52.7 Å². The summed E-state index contributed by atoms with van der Waals surface area (Å²) in [4.78, 5) is 28.2. The molecule has 5 nitrogen and oxygen atoms in total. The van der Waals surface area contributed by atoms with Gasteiger partial charge < -0.3 is 15.1 Å². The van der Waals surface area contributed by atoms with Crippen molar-refractivity contribution in [2.75, 3.05) is 36.0 Å². The monoisotopic (exact) mass is 397 g/mol. The molecule has 0 saturated carbocycles. The number of halogens is 1. The molecule has 2 aromatic rings. The normalized spacial score (nSPS) is 13.4. The Kier molecular flexibility index (Phi) is 7.22. The van der Waals surface area contributed by atoms with E-state index in [0.29, 0.717) is 19.5 Å². The highest BCUT2D eigenvalue weighted by Gasteiger charge is 2.16. The lowest BCUT2D eigenvalue weighted by atomic mass is 10.1. The summed E-state index contributed by atoms with van der Waals surface area (Å²) in [5.41, 5.74) is 2.95. The molecule has 0 aliphatic carbocycles. The number of rotatable bonds is 8. The second-order valence-electron chi connectivity index (χ2n) is 7.36. The first kappa shape index (κ1) is 20.8. The largest absolute Gasteiger partial charge is 0.372 e. The summed E-state index contributed by atoms with van der Waals surface area (Å²) in [5.74, 6) is -0.458. The predicted molar refractivity (Wildman–Crippen MR) is 114 cm³/mol. The van der Waals surface area contributed by atoms with Crippen LogP contribution in [0.2, 0.25) is 0 Å². The van der Waals surface area contributed by atoms with Crippen molar-refractivity contribution in [1.29, 1.82) is 0 Å². The van der Waals surface area contributed by atoms with E-state index in [-0.39, 0.29) is 24.1 Å². The van der Waals surface area contributed by atoms with Crippen LogP contribution in [0.4, 0.5) is 15.8 Å². The van der Waals surface area contributed by atoms with E-state index in [1.165, 1.54) is 37.6 Å². The minimum Gasteiger partial charge on any atom is -0.372 e. The number of carbonyl (C=O) groups excluding carboxylic acids is 2. The molecule has 1 saturated heterocycles. The number of anilines is 2. The Balaban J connectivity index is 1.47. The molecule has 29 heavy (non-hydrogen) atoms. The van der Waals surface area contributed by atoms with Gasteiger partial charge in [0.25, 0.3) is 0 Å². The first-order valence-corrected chi connectivity index (χ1v) is 10.2.